The molecule has 0 aromatic heterocycles. The molecular formula is C4H4S2. The molecule has 0 unspecified atom stereocenters. The van der Waals surface area contributed by atoms with Gasteiger partial charge in [-0.05, 0) is 5.57 Å². The minimum Gasteiger partial charge on any atom is -0.109 e. The Morgan fingerprint density at radius 1 is 1.83 bits per heavy atom. The molecule has 1 fully saturated rings. The topological polar surface area (TPSA) is 0 Å². The zero-order valence-electron chi connectivity index (χ0n) is 3.23. The zero-order chi connectivity index (χ0) is 4.57. The van der Waals surface area contributed by atoms with Gasteiger partial charge in [0.1, 0.15) is 0 Å². The molecule has 0 aromatic rings. The van der Waals surface area contributed by atoms with Gasteiger partial charge in [-0.25, -0.2) is 0 Å². The van der Waals surface area contributed by atoms with E-state index in [-0.39, 0.29) is 0 Å². The van der Waals surface area contributed by atoms with Gasteiger partial charge in [-0.1, -0.05) is 18.8 Å². The van der Waals surface area contributed by atoms with Gasteiger partial charge in [-0.3, -0.25) is 0 Å². The average molecular weight is 116 g/mol. The SMILES string of the molecule is C=C1CSC1=S. The maximum atomic E-state index is 4.77. The van der Waals surface area contributed by atoms with Crippen molar-refractivity contribution in [3.05, 3.63) is 12.2 Å². The Balaban J connectivity index is 2.61. The van der Waals surface area contributed by atoms with Crippen LogP contribution < -0.4 is 0 Å². The summed E-state index contributed by atoms with van der Waals surface area (Å²) in [6, 6.07) is 0. The van der Waals surface area contributed by atoms with E-state index in [9.17, 15) is 0 Å². The highest BCUT2D eigenvalue weighted by Crippen LogP contribution is 2.25. The summed E-state index contributed by atoms with van der Waals surface area (Å²) in [6.07, 6.45) is 0. The van der Waals surface area contributed by atoms with Crippen molar-refractivity contribution in [1.82, 2.24) is 0 Å². The van der Waals surface area contributed by atoms with E-state index in [4.69, 9.17) is 12.2 Å². The molecule has 1 aliphatic rings. The van der Waals surface area contributed by atoms with Gasteiger partial charge in [0.15, 0.2) is 0 Å². The molecule has 0 spiro atoms. The molecule has 0 amide bonds. The number of hydrogen-bond donors (Lipinski definition) is 0. The predicted molar refractivity (Wildman–Crippen MR) is 34.2 cm³/mol. The normalized spacial score (nSPS) is 20.7. The van der Waals surface area contributed by atoms with Gasteiger partial charge in [0, 0.05) is 5.75 Å². The maximum absolute atomic E-state index is 4.77. The number of rotatable bonds is 0. The predicted octanol–water partition coefficient (Wildman–Crippen LogP) is 1.62. The monoisotopic (exact) mass is 116 g/mol. The lowest BCUT2D eigenvalue weighted by atomic mass is 10.4. The second-order valence-electron chi connectivity index (χ2n) is 1.18. The second-order valence-corrected chi connectivity index (χ2v) is 2.83. The van der Waals surface area contributed by atoms with Crippen molar-refractivity contribution in [1.29, 1.82) is 0 Å². The molecular weight excluding hydrogens is 112 g/mol. The van der Waals surface area contributed by atoms with Crippen LogP contribution in [0, 0.1) is 0 Å². The summed E-state index contributed by atoms with van der Waals surface area (Å²) in [4.78, 5) is 0. The number of hydrogen-bond acceptors (Lipinski definition) is 2. The fraction of sp³-hybridized carbons (Fsp3) is 0.250. The van der Waals surface area contributed by atoms with Crippen LogP contribution in [0.1, 0.15) is 0 Å². The molecule has 2 heteroatoms. The van der Waals surface area contributed by atoms with Crippen LogP contribution in [0.25, 0.3) is 0 Å². The molecule has 1 aliphatic heterocycles. The van der Waals surface area contributed by atoms with E-state index >= 15 is 0 Å². The van der Waals surface area contributed by atoms with E-state index in [1.165, 1.54) is 0 Å². The van der Waals surface area contributed by atoms with E-state index in [2.05, 4.69) is 6.58 Å². The van der Waals surface area contributed by atoms with Gasteiger partial charge >= 0.3 is 0 Å². The Hall–Kier alpha value is 0.180. The van der Waals surface area contributed by atoms with Crippen LogP contribution >= 0.6 is 24.0 Å². The van der Waals surface area contributed by atoms with Gasteiger partial charge in [0.25, 0.3) is 0 Å². The summed E-state index contributed by atoms with van der Waals surface area (Å²) in [5.74, 6) is 1.05. The van der Waals surface area contributed by atoms with Gasteiger partial charge in [-0.2, -0.15) is 0 Å². The van der Waals surface area contributed by atoms with E-state index in [1.54, 1.807) is 11.8 Å². The Kier molecular flexibility index (Phi) is 0.979. The first kappa shape index (κ1) is 4.34. The highest BCUT2D eigenvalue weighted by Gasteiger charge is 2.12. The smallest absolute Gasteiger partial charge is 0.0743 e. The molecule has 0 saturated carbocycles. The summed E-state index contributed by atoms with van der Waals surface area (Å²) < 4.78 is 0.995. The first-order valence-electron chi connectivity index (χ1n) is 1.65. The van der Waals surface area contributed by atoms with Crippen molar-refractivity contribution in [2.24, 2.45) is 0 Å². The second kappa shape index (κ2) is 1.35. The van der Waals surface area contributed by atoms with Gasteiger partial charge < -0.3 is 0 Å². The van der Waals surface area contributed by atoms with Crippen molar-refractivity contribution in [2.45, 2.75) is 0 Å². The minimum absolute atomic E-state index is 0.995. The molecule has 0 radical (unpaired) electrons. The van der Waals surface area contributed by atoms with Crippen molar-refractivity contribution in [2.75, 3.05) is 5.75 Å². The van der Waals surface area contributed by atoms with Crippen LogP contribution in [0.5, 0.6) is 0 Å². The molecule has 0 aliphatic carbocycles. The molecule has 0 nitrogen and oxygen atoms in total. The summed E-state index contributed by atoms with van der Waals surface area (Å²) in [6.45, 7) is 3.68. The highest BCUT2D eigenvalue weighted by molar-refractivity contribution is 8.26. The quantitative estimate of drug-likeness (QED) is 0.348. The Morgan fingerprint density at radius 2 is 2.33 bits per heavy atom. The van der Waals surface area contributed by atoms with Crippen molar-refractivity contribution < 1.29 is 0 Å². The first-order valence-corrected chi connectivity index (χ1v) is 3.05. The van der Waals surface area contributed by atoms with E-state index < -0.39 is 0 Å². The fourth-order valence-electron chi connectivity index (χ4n) is 0.233. The third-order valence-electron chi connectivity index (χ3n) is 0.666. The van der Waals surface area contributed by atoms with Crippen molar-refractivity contribution in [3.63, 3.8) is 0 Å². The minimum atomic E-state index is 0.995. The van der Waals surface area contributed by atoms with Gasteiger partial charge in [0.05, 0.1) is 4.20 Å². The molecule has 32 valence electrons. The molecule has 0 aromatic carbocycles. The van der Waals surface area contributed by atoms with Crippen LogP contribution in [-0.4, -0.2) is 9.95 Å². The Bertz CT molecular complexity index is 90.1. The third kappa shape index (κ3) is 0.502. The van der Waals surface area contributed by atoms with Crippen LogP contribution in [-0.2, 0) is 0 Å². The Labute approximate surface area is 46.6 Å². The molecule has 1 heterocycles. The first-order chi connectivity index (χ1) is 2.80. The van der Waals surface area contributed by atoms with Gasteiger partial charge in [-0.15, -0.1) is 11.8 Å². The molecule has 1 rings (SSSR count). The summed E-state index contributed by atoms with van der Waals surface area (Å²) in [5.41, 5.74) is 1.13. The lowest BCUT2D eigenvalue weighted by Gasteiger charge is -2.13. The lowest BCUT2D eigenvalue weighted by Crippen LogP contribution is -2.07. The number of thiocarbonyl (C=S) groups is 1. The van der Waals surface area contributed by atoms with Crippen molar-refractivity contribution >= 4 is 28.2 Å². The van der Waals surface area contributed by atoms with Crippen LogP contribution in [0.3, 0.4) is 0 Å². The Morgan fingerprint density at radius 3 is 2.33 bits per heavy atom. The van der Waals surface area contributed by atoms with E-state index in [0.717, 1.165) is 15.5 Å². The van der Waals surface area contributed by atoms with Crippen molar-refractivity contribution in [3.8, 4) is 0 Å². The highest BCUT2D eigenvalue weighted by atomic mass is 32.2. The van der Waals surface area contributed by atoms with Crippen LogP contribution in [0.2, 0.25) is 0 Å². The lowest BCUT2D eigenvalue weighted by molar-refractivity contribution is 1.68. The molecule has 6 heavy (non-hydrogen) atoms. The standard InChI is InChI=1S/C4H4S2/c1-3-2-6-4(3)5/h1-2H2. The van der Waals surface area contributed by atoms with E-state index in [0.29, 0.717) is 0 Å². The van der Waals surface area contributed by atoms with Crippen LogP contribution in [0.4, 0.5) is 0 Å². The summed E-state index contributed by atoms with van der Waals surface area (Å²) in [7, 11) is 0. The average Bonchev–Trinajstić information content (AvgIpc) is 1.61. The largest absolute Gasteiger partial charge is 0.109 e. The molecule has 0 bridgehead atoms. The molecule has 1 saturated heterocycles. The zero-order valence-corrected chi connectivity index (χ0v) is 4.86. The fourth-order valence-corrected chi connectivity index (χ4v) is 1.05. The molecule has 0 N–H and O–H groups in total. The summed E-state index contributed by atoms with van der Waals surface area (Å²) in [5, 5.41) is 0. The van der Waals surface area contributed by atoms with E-state index in [1.807, 2.05) is 0 Å². The number of thioether (sulfide) groups is 1. The van der Waals surface area contributed by atoms with Gasteiger partial charge in [0.2, 0.25) is 0 Å². The summed E-state index contributed by atoms with van der Waals surface area (Å²) >= 11 is 6.47. The maximum Gasteiger partial charge on any atom is 0.0743 e. The third-order valence-corrected chi connectivity index (χ3v) is 2.35. The molecule has 0 atom stereocenters. The van der Waals surface area contributed by atoms with Crippen LogP contribution in [0.15, 0.2) is 12.2 Å².